The molecule has 2 heteroatoms. The molecule has 1 heterocycles. The molecule has 2 nitrogen and oxygen atoms in total. The molecule has 94 valence electrons. The topological polar surface area (TPSA) is 21.3 Å². The molecule has 0 aromatic heterocycles. The normalized spacial score (nSPS) is 18.6. The number of benzene rings is 1. The summed E-state index contributed by atoms with van der Waals surface area (Å²) in [6.07, 6.45) is 0. The van der Waals surface area contributed by atoms with Crippen LogP contribution >= 0.6 is 0 Å². The minimum atomic E-state index is 0.351. The van der Waals surface area contributed by atoms with Gasteiger partial charge in [-0.05, 0) is 24.0 Å². The van der Waals surface area contributed by atoms with Crippen LogP contribution in [-0.4, -0.2) is 12.6 Å². The molecule has 1 N–H and O–H groups in total. The predicted molar refractivity (Wildman–Crippen MR) is 71.8 cm³/mol. The van der Waals surface area contributed by atoms with Crippen LogP contribution in [0.25, 0.3) is 0 Å². The highest BCUT2D eigenvalue weighted by molar-refractivity contribution is 5.51. The fraction of sp³-hybridized carbons (Fsp3) is 0.600. The molecule has 17 heavy (non-hydrogen) atoms. The van der Waals surface area contributed by atoms with Gasteiger partial charge in [0, 0.05) is 11.6 Å². The Morgan fingerprint density at radius 2 is 1.94 bits per heavy atom. The molecule has 1 aromatic rings. The molecule has 0 amide bonds. The van der Waals surface area contributed by atoms with Crippen molar-refractivity contribution in [3.05, 3.63) is 28.8 Å². The minimum Gasteiger partial charge on any atom is -0.491 e. The summed E-state index contributed by atoms with van der Waals surface area (Å²) in [5, 5.41) is 3.58. The highest BCUT2D eigenvalue weighted by atomic mass is 16.5. The predicted octanol–water partition coefficient (Wildman–Crippen LogP) is 3.55. The van der Waals surface area contributed by atoms with Crippen LogP contribution in [0.3, 0.4) is 0 Å². The maximum atomic E-state index is 5.92. The van der Waals surface area contributed by atoms with Crippen LogP contribution in [0.5, 0.6) is 5.75 Å². The van der Waals surface area contributed by atoms with E-state index in [1.54, 1.807) is 0 Å². The Morgan fingerprint density at radius 1 is 1.24 bits per heavy atom. The summed E-state index contributed by atoms with van der Waals surface area (Å²) in [5.74, 6) is 1.64. The monoisotopic (exact) mass is 233 g/mol. The lowest BCUT2D eigenvalue weighted by molar-refractivity contribution is 0.300. The molecular formula is C15H23NO. The van der Waals surface area contributed by atoms with E-state index in [0.717, 1.165) is 12.4 Å². The summed E-state index contributed by atoms with van der Waals surface area (Å²) in [6.45, 7) is 11.7. The molecule has 1 aliphatic rings. The van der Waals surface area contributed by atoms with Crippen molar-refractivity contribution in [2.45, 2.75) is 52.6 Å². The summed E-state index contributed by atoms with van der Waals surface area (Å²) >= 11 is 0. The van der Waals surface area contributed by atoms with Gasteiger partial charge >= 0.3 is 0 Å². The van der Waals surface area contributed by atoms with E-state index in [1.807, 2.05) is 0 Å². The van der Waals surface area contributed by atoms with Crippen LogP contribution in [0.15, 0.2) is 12.1 Å². The highest BCUT2D eigenvalue weighted by Gasteiger charge is 2.29. The van der Waals surface area contributed by atoms with Crippen molar-refractivity contribution in [1.29, 1.82) is 0 Å². The van der Waals surface area contributed by atoms with Crippen LogP contribution in [-0.2, 0) is 0 Å². The van der Waals surface area contributed by atoms with Gasteiger partial charge in [0.2, 0.25) is 0 Å². The zero-order valence-electron chi connectivity index (χ0n) is 11.5. The Balaban J connectivity index is 2.41. The zero-order valence-corrected chi connectivity index (χ0v) is 11.5. The number of hydrogen-bond acceptors (Lipinski definition) is 2. The fourth-order valence-electron chi connectivity index (χ4n) is 2.55. The van der Waals surface area contributed by atoms with E-state index < -0.39 is 0 Å². The SMILES string of the molecule is Cc1ccc(C(C)C)c2c1C(NC(C)C)CO2. The lowest BCUT2D eigenvalue weighted by atomic mass is 9.94. The lowest BCUT2D eigenvalue weighted by Crippen LogP contribution is -2.29. The average Bonchev–Trinajstić information content (AvgIpc) is 2.62. The Labute approximate surface area is 104 Å². The highest BCUT2D eigenvalue weighted by Crippen LogP contribution is 2.40. The summed E-state index contributed by atoms with van der Waals surface area (Å²) in [7, 11) is 0. The summed E-state index contributed by atoms with van der Waals surface area (Å²) in [5.41, 5.74) is 4.03. The van der Waals surface area contributed by atoms with Crippen molar-refractivity contribution in [1.82, 2.24) is 5.32 Å². The number of rotatable bonds is 3. The van der Waals surface area contributed by atoms with E-state index in [0.29, 0.717) is 18.0 Å². The molecule has 0 bridgehead atoms. The number of ether oxygens (including phenoxy) is 1. The van der Waals surface area contributed by atoms with Gasteiger partial charge in [-0.3, -0.25) is 0 Å². The number of hydrogen-bond donors (Lipinski definition) is 1. The molecule has 1 aromatic carbocycles. The maximum absolute atomic E-state index is 5.92. The second-order valence-electron chi connectivity index (χ2n) is 5.55. The van der Waals surface area contributed by atoms with E-state index in [9.17, 15) is 0 Å². The molecule has 0 radical (unpaired) electrons. The molecule has 0 saturated heterocycles. The van der Waals surface area contributed by atoms with E-state index in [-0.39, 0.29) is 0 Å². The Morgan fingerprint density at radius 3 is 2.53 bits per heavy atom. The first kappa shape index (κ1) is 12.4. The van der Waals surface area contributed by atoms with Crippen LogP contribution < -0.4 is 10.1 Å². The largest absolute Gasteiger partial charge is 0.491 e. The fourth-order valence-corrected chi connectivity index (χ4v) is 2.55. The third-order valence-electron chi connectivity index (χ3n) is 3.34. The van der Waals surface area contributed by atoms with Crippen molar-refractivity contribution in [3.63, 3.8) is 0 Å². The van der Waals surface area contributed by atoms with Crippen molar-refractivity contribution in [2.75, 3.05) is 6.61 Å². The zero-order chi connectivity index (χ0) is 12.6. The van der Waals surface area contributed by atoms with Gasteiger partial charge in [0.05, 0.1) is 6.04 Å². The quantitative estimate of drug-likeness (QED) is 0.862. The van der Waals surface area contributed by atoms with Crippen molar-refractivity contribution >= 4 is 0 Å². The maximum Gasteiger partial charge on any atom is 0.128 e. The van der Waals surface area contributed by atoms with Gasteiger partial charge in [0.15, 0.2) is 0 Å². The third-order valence-corrected chi connectivity index (χ3v) is 3.34. The molecule has 0 spiro atoms. The molecule has 0 fully saturated rings. The van der Waals surface area contributed by atoms with Gasteiger partial charge < -0.3 is 10.1 Å². The average molecular weight is 233 g/mol. The van der Waals surface area contributed by atoms with Crippen LogP contribution in [0.1, 0.15) is 56.3 Å². The number of fused-ring (bicyclic) bond motifs is 1. The van der Waals surface area contributed by atoms with Crippen LogP contribution in [0, 0.1) is 6.92 Å². The van der Waals surface area contributed by atoms with Gasteiger partial charge in [-0.2, -0.15) is 0 Å². The molecule has 0 saturated carbocycles. The van der Waals surface area contributed by atoms with E-state index in [1.165, 1.54) is 16.7 Å². The van der Waals surface area contributed by atoms with E-state index in [4.69, 9.17) is 4.74 Å². The van der Waals surface area contributed by atoms with Gasteiger partial charge in [-0.15, -0.1) is 0 Å². The lowest BCUT2D eigenvalue weighted by Gasteiger charge is -2.17. The van der Waals surface area contributed by atoms with Crippen LogP contribution in [0.2, 0.25) is 0 Å². The molecule has 1 atom stereocenters. The molecule has 2 rings (SSSR count). The van der Waals surface area contributed by atoms with Gasteiger partial charge in [0.25, 0.3) is 0 Å². The van der Waals surface area contributed by atoms with E-state index >= 15 is 0 Å². The van der Waals surface area contributed by atoms with Gasteiger partial charge in [-0.25, -0.2) is 0 Å². The standard InChI is InChI=1S/C15H23NO/c1-9(2)12-7-6-11(5)14-13(16-10(3)4)8-17-15(12)14/h6-7,9-10,13,16H,8H2,1-5H3. The minimum absolute atomic E-state index is 0.351. The second-order valence-corrected chi connectivity index (χ2v) is 5.55. The summed E-state index contributed by atoms with van der Waals surface area (Å²) in [6, 6.07) is 5.26. The molecule has 1 aliphatic heterocycles. The van der Waals surface area contributed by atoms with Gasteiger partial charge in [0.1, 0.15) is 12.4 Å². The third kappa shape index (κ3) is 2.32. The Kier molecular flexibility index (Phi) is 3.43. The van der Waals surface area contributed by atoms with E-state index in [2.05, 4.69) is 52.1 Å². The van der Waals surface area contributed by atoms with Crippen molar-refractivity contribution < 1.29 is 4.74 Å². The second kappa shape index (κ2) is 4.69. The summed E-state index contributed by atoms with van der Waals surface area (Å²) in [4.78, 5) is 0. The van der Waals surface area contributed by atoms with Gasteiger partial charge in [-0.1, -0.05) is 39.8 Å². The molecule has 1 unspecified atom stereocenters. The van der Waals surface area contributed by atoms with Crippen molar-refractivity contribution in [2.24, 2.45) is 0 Å². The van der Waals surface area contributed by atoms with Crippen LogP contribution in [0.4, 0.5) is 0 Å². The summed E-state index contributed by atoms with van der Waals surface area (Å²) < 4.78 is 5.92. The molecule has 0 aliphatic carbocycles. The first-order valence-electron chi connectivity index (χ1n) is 6.53. The Bertz CT molecular complexity index is 410. The van der Waals surface area contributed by atoms with Crippen molar-refractivity contribution in [3.8, 4) is 5.75 Å². The first-order valence-corrected chi connectivity index (χ1v) is 6.53. The number of aryl methyl sites for hydroxylation is 1. The smallest absolute Gasteiger partial charge is 0.128 e. The first-order chi connectivity index (χ1) is 8.00. The Hall–Kier alpha value is -1.02. The molecular weight excluding hydrogens is 210 g/mol. The number of nitrogens with one attached hydrogen (secondary N) is 1.